The molecule has 0 atom stereocenters. The van der Waals surface area contributed by atoms with Gasteiger partial charge in [0.2, 0.25) is 5.91 Å². The second-order valence-electron chi connectivity index (χ2n) is 5.21. The Morgan fingerprint density at radius 1 is 1.09 bits per heavy atom. The van der Waals surface area contributed by atoms with E-state index < -0.39 is 5.41 Å². The summed E-state index contributed by atoms with van der Waals surface area (Å²) in [6.45, 7) is 6.63. The minimum absolute atomic E-state index is 0.0878. The Balaban J connectivity index is 2.82. The van der Waals surface area contributed by atoms with Gasteiger partial charge in [-0.3, -0.25) is 4.79 Å². The number of rotatable bonds is 7. The van der Waals surface area contributed by atoms with Crippen molar-refractivity contribution in [2.24, 2.45) is 11.1 Å². The van der Waals surface area contributed by atoms with Gasteiger partial charge in [0.25, 0.3) is 0 Å². The topological polar surface area (TPSA) is 96.2 Å². The van der Waals surface area contributed by atoms with Gasteiger partial charge in [-0.1, -0.05) is 19.9 Å². The standard InChI is InChI=1S/C16H26N4O2/c1-4-16(5-2,11-17)14(21)19-12-8-7-9-13(10-12)20-15(22)18-6-3/h7-10H,4-6,11,17H2,1-3H3,(H,19,21)(H2,18,20,22). The minimum atomic E-state index is -0.553. The van der Waals surface area contributed by atoms with Crippen molar-refractivity contribution in [3.05, 3.63) is 24.3 Å². The molecule has 0 aliphatic heterocycles. The monoisotopic (exact) mass is 306 g/mol. The highest BCUT2D eigenvalue weighted by Gasteiger charge is 2.33. The molecule has 6 heteroatoms. The molecule has 1 aromatic carbocycles. The van der Waals surface area contributed by atoms with Crippen LogP contribution in [0.1, 0.15) is 33.6 Å². The molecular weight excluding hydrogens is 280 g/mol. The van der Waals surface area contributed by atoms with Gasteiger partial charge in [-0.25, -0.2) is 4.79 Å². The molecule has 5 N–H and O–H groups in total. The number of carbonyl (C=O) groups excluding carboxylic acids is 2. The molecule has 22 heavy (non-hydrogen) atoms. The van der Waals surface area contributed by atoms with Crippen LogP contribution in [0.25, 0.3) is 0 Å². The van der Waals surface area contributed by atoms with Crippen LogP contribution in [0.5, 0.6) is 0 Å². The number of anilines is 2. The van der Waals surface area contributed by atoms with Crippen LogP contribution in [-0.4, -0.2) is 25.0 Å². The van der Waals surface area contributed by atoms with Gasteiger partial charge in [0, 0.05) is 24.5 Å². The molecule has 0 unspecified atom stereocenters. The first-order valence-electron chi connectivity index (χ1n) is 7.67. The predicted molar refractivity (Wildman–Crippen MR) is 89.8 cm³/mol. The molecule has 1 aromatic rings. The summed E-state index contributed by atoms with van der Waals surface area (Å²) in [5.41, 5.74) is 6.49. The number of urea groups is 1. The van der Waals surface area contributed by atoms with Gasteiger partial charge in [-0.15, -0.1) is 0 Å². The molecule has 122 valence electrons. The first-order valence-corrected chi connectivity index (χ1v) is 7.67. The molecular formula is C16H26N4O2. The Morgan fingerprint density at radius 2 is 1.68 bits per heavy atom. The SMILES string of the molecule is CCNC(=O)Nc1cccc(NC(=O)C(CC)(CC)CN)c1. The normalized spacial score (nSPS) is 10.9. The average Bonchev–Trinajstić information content (AvgIpc) is 2.50. The Bertz CT molecular complexity index is 504. The molecule has 1 rings (SSSR count). The molecule has 0 radical (unpaired) electrons. The lowest BCUT2D eigenvalue weighted by molar-refractivity contribution is -0.125. The number of amides is 3. The minimum Gasteiger partial charge on any atom is -0.338 e. The summed E-state index contributed by atoms with van der Waals surface area (Å²) in [6, 6.07) is 6.77. The largest absolute Gasteiger partial charge is 0.338 e. The first-order chi connectivity index (χ1) is 10.5. The van der Waals surface area contributed by atoms with E-state index in [1.807, 2.05) is 20.8 Å². The fourth-order valence-corrected chi connectivity index (χ4v) is 2.23. The maximum atomic E-state index is 12.5. The van der Waals surface area contributed by atoms with Gasteiger partial charge in [-0.2, -0.15) is 0 Å². The summed E-state index contributed by atoms with van der Waals surface area (Å²) in [5.74, 6) is -0.0878. The lowest BCUT2D eigenvalue weighted by Crippen LogP contribution is -2.41. The molecule has 0 bridgehead atoms. The van der Waals surface area contributed by atoms with E-state index in [1.165, 1.54) is 0 Å². The Hall–Kier alpha value is -2.08. The van der Waals surface area contributed by atoms with E-state index in [9.17, 15) is 9.59 Å². The van der Waals surface area contributed by atoms with Gasteiger partial charge in [0.1, 0.15) is 0 Å². The molecule has 0 fully saturated rings. The van der Waals surface area contributed by atoms with E-state index in [0.717, 1.165) is 0 Å². The molecule has 3 amide bonds. The summed E-state index contributed by atoms with van der Waals surface area (Å²) >= 11 is 0. The van der Waals surface area contributed by atoms with Crippen LogP contribution < -0.4 is 21.7 Å². The van der Waals surface area contributed by atoms with Gasteiger partial charge in [0.05, 0.1) is 5.41 Å². The van der Waals surface area contributed by atoms with Crippen molar-refractivity contribution in [3.8, 4) is 0 Å². The van der Waals surface area contributed by atoms with Crippen LogP contribution in [0.4, 0.5) is 16.2 Å². The van der Waals surface area contributed by atoms with E-state index >= 15 is 0 Å². The summed E-state index contributed by atoms with van der Waals surface area (Å²) in [5, 5.41) is 8.25. The van der Waals surface area contributed by atoms with E-state index in [1.54, 1.807) is 24.3 Å². The molecule has 0 heterocycles. The second kappa shape index (κ2) is 8.38. The second-order valence-corrected chi connectivity index (χ2v) is 5.21. The fourth-order valence-electron chi connectivity index (χ4n) is 2.23. The number of hydrogen-bond acceptors (Lipinski definition) is 3. The van der Waals surface area contributed by atoms with Crippen molar-refractivity contribution in [2.45, 2.75) is 33.6 Å². The van der Waals surface area contributed by atoms with Crippen molar-refractivity contribution in [3.63, 3.8) is 0 Å². The molecule has 0 aromatic heterocycles. The Morgan fingerprint density at radius 3 is 2.18 bits per heavy atom. The summed E-state index contributed by atoms with van der Waals surface area (Å²) in [6.07, 6.45) is 1.37. The third-order valence-electron chi connectivity index (χ3n) is 3.94. The molecule has 0 spiro atoms. The zero-order valence-electron chi connectivity index (χ0n) is 13.5. The number of nitrogens with two attached hydrogens (primary N) is 1. The highest BCUT2D eigenvalue weighted by atomic mass is 16.2. The predicted octanol–water partition coefficient (Wildman–Crippen LogP) is 2.53. The highest BCUT2D eigenvalue weighted by molar-refractivity contribution is 5.96. The average molecular weight is 306 g/mol. The number of benzene rings is 1. The fraction of sp³-hybridized carbons (Fsp3) is 0.500. The molecule has 0 saturated carbocycles. The van der Waals surface area contributed by atoms with Gasteiger partial charge < -0.3 is 21.7 Å². The number of carbonyl (C=O) groups is 2. The highest BCUT2D eigenvalue weighted by Crippen LogP contribution is 2.27. The summed E-state index contributed by atoms with van der Waals surface area (Å²) in [4.78, 5) is 24.0. The van der Waals surface area contributed by atoms with E-state index in [2.05, 4.69) is 16.0 Å². The van der Waals surface area contributed by atoms with Crippen LogP contribution in [0.2, 0.25) is 0 Å². The van der Waals surface area contributed by atoms with Crippen LogP contribution >= 0.6 is 0 Å². The summed E-state index contributed by atoms with van der Waals surface area (Å²) < 4.78 is 0. The van der Waals surface area contributed by atoms with Crippen molar-refractivity contribution in [1.29, 1.82) is 0 Å². The molecule has 0 aliphatic rings. The maximum absolute atomic E-state index is 12.5. The quantitative estimate of drug-likeness (QED) is 0.623. The third-order valence-corrected chi connectivity index (χ3v) is 3.94. The van der Waals surface area contributed by atoms with Crippen molar-refractivity contribution in [1.82, 2.24) is 5.32 Å². The molecule has 0 saturated heterocycles. The van der Waals surface area contributed by atoms with Crippen molar-refractivity contribution < 1.29 is 9.59 Å². The third kappa shape index (κ3) is 4.46. The van der Waals surface area contributed by atoms with Gasteiger partial charge in [0.15, 0.2) is 0 Å². The van der Waals surface area contributed by atoms with Crippen LogP contribution in [0.3, 0.4) is 0 Å². The van der Waals surface area contributed by atoms with Crippen LogP contribution in [0.15, 0.2) is 24.3 Å². The van der Waals surface area contributed by atoms with Crippen LogP contribution in [-0.2, 0) is 4.79 Å². The smallest absolute Gasteiger partial charge is 0.319 e. The molecule has 0 aliphatic carbocycles. The Kier molecular flexibility index (Phi) is 6.85. The van der Waals surface area contributed by atoms with E-state index in [4.69, 9.17) is 5.73 Å². The Labute approximate surface area is 131 Å². The maximum Gasteiger partial charge on any atom is 0.319 e. The lowest BCUT2D eigenvalue weighted by atomic mass is 9.81. The first kappa shape index (κ1) is 18.0. The number of hydrogen-bond donors (Lipinski definition) is 4. The molecule has 6 nitrogen and oxygen atoms in total. The van der Waals surface area contributed by atoms with Crippen molar-refractivity contribution in [2.75, 3.05) is 23.7 Å². The lowest BCUT2D eigenvalue weighted by Gasteiger charge is -2.28. The van der Waals surface area contributed by atoms with Gasteiger partial charge in [-0.05, 0) is 38.0 Å². The zero-order valence-corrected chi connectivity index (χ0v) is 13.5. The number of nitrogens with one attached hydrogen (secondary N) is 3. The van der Waals surface area contributed by atoms with Gasteiger partial charge >= 0.3 is 6.03 Å². The van der Waals surface area contributed by atoms with Crippen LogP contribution in [0, 0.1) is 5.41 Å². The summed E-state index contributed by atoms with van der Waals surface area (Å²) in [7, 11) is 0. The van der Waals surface area contributed by atoms with Crippen molar-refractivity contribution >= 4 is 23.3 Å². The van der Waals surface area contributed by atoms with E-state index in [0.29, 0.717) is 37.3 Å². The zero-order chi connectivity index (χ0) is 16.6. The van der Waals surface area contributed by atoms with E-state index in [-0.39, 0.29) is 11.9 Å².